The Morgan fingerprint density at radius 2 is 1.43 bits per heavy atom. The van der Waals surface area contributed by atoms with E-state index in [1.165, 1.54) is 51.4 Å². The van der Waals surface area contributed by atoms with E-state index < -0.39 is 0 Å². The molecule has 0 aliphatic heterocycles. The highest BCUT2D eigenvalue weighted by atomic mass is 35.5. The summed E-state index contributed by atoms with van der Waals surface area (Å²) >= 11 is 5.21. The molecule has 0 aromatic carbocycles. The van der Waals surface area contributed by atoms with Crippen LogP contribution >= 0.6 is 11.8 Å². The van der Waals surface area contributed by atoms with E-state index in [1.807, 2.05) is 0 Å². The first-order valence-electron chi connectivity index (χ1n) is 8.50. The molecule has 0 unspecified atom stereocenters. The highest BCUT2D eigenvalue weighted by molar-refractivity contribution is 6.21. The Bertz CT molecular complexity index is 287. The fourth-order valence-corrected chi connectivity index (χ4v) is 2.24. The molecule has 3 heteroatoms. The molecule has 122 valence electrons. The summed E-state index contributed by atoms with van der Waals surface area (Å²) in [5, 5.41) is 0. The minimum atomic E-state index is -0.0673. The zero-order valence-electron chi connectivity index (χ0n) is 13.6. The molecule has 0 fully saturated rings. The third-order valence-corrected chi connectivity index (χ3v) is 3.67. The lowest BCUT2D eigenvalue weighted by Crippen LogP contribution is -2.11. The molecule has 0 radical (unpaired) electrons. The van der Waals surface area contributed by atoms with Gasteiger partial charge in [-0.2, -0.15) is 0 Å². The molecule has 0 aromatic rings. The Balaban J connectivity index is 3.20. The number of unbranched alkanes of at least 4 members (excludes halogenated alkanes) is 8. The van der Waals surface area contributed by atoms with Gasteiger partial charge in [0.05, 0.1) is 0 Å². The van der Waals surface area contributed by atoms with Crippen LogP contribution in [0.25, 0.3) is 0 Å². The van der Waals surface area contributed by atoms with Crippen molar-refractivity contribution in [3.63, 3.8) is 0 Å². The van der Waals surface area contributed by atoms with E-state index in [9.17, 15) is 4.79 Å². The van der Waals surface area contributed by atoms with Gasteiger partial charge in [-0.1, -0.05) is 63.3 Å². The van der Waals surface area contributed by atoms with E-state index in [2.05, 4.69) is 36.1 Å². The van der Waals surface area contributed by atoms with Crippen LogP contribution in [0.3, 0.4) is 0 Å². The summed E-state index contributed by atoms with van der Waals surface area (Å²) in [4.78, 5) is 13.0. The van der Waals surface area contributed by atoms with E-state index >= 15 is 0 Å². The quantitative estimate of drug-likeness (QED) is 0.235. The van der Waals surface area contributed by atoms with Gasteiger partial charge in [0.15, 0.2) is 0 Å². The summed E-state index contributed by atoms with van der Waals surface area (Å²) < 4.78 is 0. The molecule has 0 saturated heterocycles. The van der Waals surface area contributed by atoms with Gasteiger partial charge in [-0.15, -0.1) is 0 Å². The number of rotatable bonds is 14. The Hall–Kier alpha value is -0.760. The fourth-order valence-electron chi connectivity index (χ4n) is 2.14. The number of hydrogen-bond acceptors (Lipinski definition) is 1. The number of allylic oxidation sites excluding steroid dienone is 4. The van der Waals surface area contributed by atoms with Crippen molar-refractivity contribution in [1.29, 1.82) is 0 Å². The predicted octanol–water partition coefficient (Wildman–Crippen LogP) is 6.07. The van der Waals surface area contributed by atoms with E-state index in [1.54, 1.807) is 0 Å². The summed E-state index contributed by atoms with van der Waals surface area (Å²) in [7, 11) is 0. The lowest BCUT2D eigenvalue weighted by molar-refractivity contribution is -0.119. The van der Waals surface area contributed by atoms with Crippen LogP contribution in [0, 0.1) is 0 Å². The van der Waals surface area contributed by atoms with Gasteiger partial charge in [-0.05, 0) is 38.5 Å². The van der Waals surface area contributed by atoms with E-state index in [4.69, 9.17) is 11.8 Å². The van der Waals surface area contributed by atoms with Crippen LogP contribution in [0.5, 0.6) is 0 Å². The maximum absolute atomic E-state index is 10.9. The Morgan fingerprint density at radius 3 is 2.05 bits per heavy atom. The largest absolute Gasteiger partial charge is 0.274 e. The molecule has 0 aliphatic carbocycles. The van der Waals surface area contributed by atoms with Gasteiger partial charge in [0, 0.05) is 18.2 Å². The number of carbonyl (C=O) groups excluding carboxylic acids is 1. The van der Waals surface area contributed by atoms with Gasteiger partial charge in [-0.25, -0.2) is 0 Å². The molecule has 0 saturated carbocycles. The molecule has 1 N–H and O–H groups in total. The minimum absolute atomic E-state index is 0.0673. The average Bonchev–Trinajstić information content (AvgIpc) is 2.50. The van der Waals surface area contributed by atoms with Crippen LogP contribution in [0.2, 0.25) is 0 Å². The summed E-state index contributed by atoms with van der Waals surface area (Å²) in [6, 6.07) is 0. The topological polar surface area (TPSA) is 29.1 Å². The normalized spacial score (nSPS) is 11.5. The summed E-state index contributed by atoms with van der Waals surface area (Å²) in [5.41, 5.74) is 0. The van der Waals surface area contributed by atoms with Crippen LogP contribution in [-0.2, 0) is 4.79 Å². The molecular formula is C18H32ClNO. The average molecular weight is 314 g/mol. The van der Waals surface area contributed by atoms with Crippen LogP contribution in [0.4, 0.5) is 0 Å². The van der Waals surface area contributed by atoms with Gasteiger partial charge >= 0.3 is 0 Å². The SMILES string of the molecule is CCCCC/C=C\C/C=C\CCCCCCCC(=O)NCl. The molecule has 1 amide bonds. The first kappa shape index (κ1) is 20.2. The summed E-state index contributed by atoms with van der Waals surface area (Å²) in [5.74, 6) is -0.0673. The Kier molecular flexibility index (Phi) is 16.7. The van der Waals surface area contributed by atoms with Gasteiger partial charge in [0.25, 0.3) is 0 Å². The monoisotopic (exact) mass is 313 g/mol. The van der Waals surface area contributed by atoms with Crippen molar-refractivity contribution in [3.8, 4) is 0 Å². The maximum Gasteiger partial charge on any atom is 0.234 e. The van der Waals surface area contributed by atoms with E-state index in [0.29, 0.717) is 6.42 Å². The number of nitrogens with one attached hydrogen (secondary N) is 1. The van der Waals surface area contributed by atoms with Gasteiger partial charge < -0.3 is 0 Å². The van der Waals surface area contributed by atoms with Crippen LogP contribution in [0.1, 0.15) is 84.0 Å². The summed E-state index contributed by atoms with van der Waals surface area (Å²) in [6.45, 7) is 2.24. The van der Waals surface area contributed by atoms with Crippen LogP contribution in [0.15, 0.2) is 24.3 Å². The van der Waals surface area contributed by atoms with Crippen LogP contribution < -0.4 is 4.84 Å². The van der Waals surface area contributed by atoms with Crippen molar-refractivity contribution in [3.05, 3.63) is 24.3 Å². The van der Waals surface area contributed by atoms with Gasteiger partial charge in [0.1, 0.15) is 0 Å². The third-order valence-electron chi connectivity index (χ3n) is 3.46. The van der Waals surface area contributed by atoms with Crippen molar-refractivity contribution in [2.24, 2.45) is 0 Å². The number of carbonyl (C=O) groups is 1. The highest BCUT2D eigenvalue weighted by Gasteiger charge is 1.97. The number of amides is 1. The third kappa shape index (κ3) is 17.2. The van der Waals surface area contributed by atoms with Gasteiger partial charge in [-0.3, -0.25) is 9.63 Å². The van der Waals surface area contributed by atoms with E-state index in [-0.39, 0.29) is 5.91 Å². The zero-order chi connectivity index (χ0) is 15.6. The molecule has 0 aliphatic rings. The second kappa shape index (κ2) is 17.3. The molecule has 0 bridgehead atoms. The lowest BCUT2D eigenvalue weighted by Gasteiger charge is -1.99. The molecular weight excluding hydrogens is 282 g/mol. The minimum Gasteiger partial charge on any atom is -0.274 e. The van der Waals surface area contributed by atoms with Gasteiger partial charge in [0.2, 0.25) is 5.91 Å². The molecule has 2 nitrogen and oxygen atoms in total. The Labute approximate surface area is 136 Å². The molecule has 0 aromatic heterocycles. The maximum atomic E-state index is 10.9. The smallest absolute Gasteiger partial charge is 0.234 e. The summed E-state index contributed by atoms with van der Waals surface area (Å²) in [6.07, 6.45) is 22.9. The van der Waals surface area contributed by atoms with E-state index in [0.717, 1.165) is 19.3 Å². The molecule has 21 heavy (non-hydrogen) atoms. The first-order valence-corrected chi connectivity index (χ1v) is 8.88. The highest BCUT2D eigenvalue weighted by Crippen LogP contribution is 2.08. The molecule has 0 rings (SSSR count). The van der Waals surface area contributed by atoms with Crippen molar-refractivity contribution in [2.45, 2.75) is 84.0 Å². The van der Waals surface area contributed by atoms with Crippen molar-refractivity contribution < 1.29 is 4.79 Å². The second-order valence-corrected chi connectivity index (χ2v) is 5.69. The zero-order valence-corrected chi connectivity index (χ0v) is 14.3. The fraction of sp³-hybridized carbons (Fsp3) is 0.722. The number of halogens is 1. The molecule has 0 spiro atoms. The molecule has 0 heterocycles. The lowest BCUT2D eigenvalue weighted by atomic mass is 10.1. The number of hydrogen-bond donors (Lipinski definition) is 1. The standard InChI is InChI=1S/C18H32ClNO/c1-2-3-4-5-6-7-8-9-10-11-12-13-14-15-16-17-18(21)20-19/h6-7,9-10H,2-5,8,11-17H2,1H3,(H,20,21)/b7-6-,10-9-. The van der Waals surface area contributed by atoms with Crippen molar-refractivity contribution >= 4 is 17.7 Å². The van der Waals surface area contributed by atoms with Crippen molar-refractivity contribution in [2.75, 3.05) is 0 Å². The predicted molar refractivity (Wildman–Crippen MR) is 93.4 cm³/mol. The first-order chi connectivity index (χ1) is 10.3. The Morgan fingerprint density at radius 1 is 0.857 bits per heavy atom. The van der Waals surface area contributed by atoms with Crippen molar-refractivity contribution in [1.82, 2.24) is 4.84 Å². The second-order valence-electron chi connectivity index (χ2n) is 5.50. The molecule has 0 atom stereocenters. The van der Waals surface area contributed by atoms with Crippen LogP contribution in [-0.4, -0.2) is 5.91 Å².